The largest absolute Gasteiger partial charge is 0.466 e. The Labute approximate surface area is 120 Å². The predicted octanol–water partition coefficient (Wildman–Crippen LogP) is 3.08. The summed E-state index contributed by atoms with van der Waals surface area (Å²) in [7, 11) is 0. The van der Waals surface area contributed by atoms with E-state index in [-0.39, 0.29) is 30.5 Å². The molecule has 0 spiro atoms. The highest BCUT2D eigenvalue weighted by atomic mass is 16.7. The summed E-state index contributed by atoms with van der Waals surface area (Å²) in [5.74, 6) is -0.0652. The number of rotatable bonds is 4. The van der Waals surface area contributed by atoms with E-state index >= 15 is 0 Å². The summed E-state index contributed by atoms with van der Waals surface area (Å²) in [6.07, 6.45) is -0.287. The number of carbonyl (C=O) groups is 1. The molecule has 1 aliphatic rings. The van der Waals surface area contributed by atoms with Crippen molar-refractivity contribution in [3.63, 3.8) is 0 Å². The Bertz CT molecular complexity index is 431. The van der Waals surface area contributed by atoms with Crippen molar-refractivity contribution in [2.75, 3.05) is 6.61 Å². The molecule has 2 rings (SSSR count). The molecule has 1 aliphatic heterocycles. The molecule has 0 radical (unpaired) electrons. The Morgan fingerprint density at radius 1 is 1.20 bits per heavy atom. The lowest BCUT2D eigenvalue weighted by molar-refractivity contribution is -0.267. The third-order valence-corrected chi connectivity index (χ3v) is 3.71. The van der Waals surface area contributed by atoms with Gasteiger partial charge in [-0.2, -0.15) is 0 Å². The van der Waals surface area contributed by atoms with Crippen LogP contribution in [0.25, 0.3) is 0 Å². The first-order valence-electron chi connectivity index (χ1n) is 7.13. The quantitative estimate of drug-likeness (QED) is 0.794. The van der Waals surface area contributed by atoms with E-state index in [1.807, 2.05) is 51.1 Å². The molecule has 0 aliphatic carbocycles. The van der Waals surface area contributed by atoms with E-state index in [1.165, 1.54) is 0 Å². The summed E-state index contributed by atoms with van der Waals surface area (Å²) >= 11 is 0. The molecule has 1 aromatic carbocycles. The van der Waals surface area contributed by atoms with Crippen LogP contribution in [0.5, 0.6) is 0 Å². The van der Waals surface area contributed by atoms with Gasteiger partial charge in [-0.3, -0.25) is 4.79 Å². The Morgan fingerprint density at radius 2 is 1.90 bits per heavy atom. The number of hydrogen-bond acceptors (Lipinski definition) is 4. The number of ether oxygens (including phenoxy) is 3. The SMILES string of the molecule is CCOC(=O)C[C@@H]1O[C@H](c2ccccc2)O[C@H](C)[C@H]1C. The number of esters is 1. The van der Waals surface area contributed by atoms with Crippen molar-refractivity contribution in [1.82, 2.24) is 0 Å². The highest BCUT2D eigenvalue weighted by molar-refractivity contribution is 5.70. The molecule has 20 heavy (non-hydrogen) atoms. The van der Waals surface area contributed by atoms with Crippen molar-refractivity contribution in [2.45, 2.75) is 45.7 Å². The molecule has 0 N–H and O–H groups in total. The molecule has 0 aromatic heterocycles. The maximum atomic E-state index is 11.7. The highest BCUT2D eigenvalue weighted by Crippen LogP contribution is 2.34. The first-order chi connectivity index (χ1) is 9.61. The van der Waals surface area contributed by atoms with Crippen LogP contribution >= 0.6 is 0 Å². The fraction of sp³-hybridized carbons (Fsp3) is 0.562. The van der Waals surface area contributed by atoms with Crippen LogP contribution in [-0.4, -0.2) is 24.8 Å². The van der Waals surface area contributed by atoms with E-state index in [4.69, 9.17) is 14.2 Å². The molecule has 1 saturated heterocycles. The van der Waals surface area contributed by atoms with Crippen molar-refractivity contribution < 1.29 is 19.0 Å². The maximum absolute atomic E-state index is 11.7. The Hall–Kier alpha value is -1.39. The van der Waals surface area contributed by atoms with E-state index in [9.17, 15) is 4.79 Å². The summed E-state index contributed by atoms with van der Waals surface area (Å²) in [5, 5.41) is 0. The lowest BCUT2D eigenvalue weighted by atomic mass is 9.95. The third kappa shape index (κ3) is 3.58. The van der Waals surface area contributed by atoms with Crippen molar-refractivity contribution in [3.8, 4) is 0 Å². The fourth-order valence-electron chi connectivity index (χ4n) is 2.32. The van der Waals surface area contributed by atoms with Crippen LogP contribution in [-0.2, 0) is 19.0 Å². The summed E-state index contributed by atoms with van der Waals surface area (Å²) < 4.78 is 16.8. The third-order valence-electron chi connectivity index (χ3n) is 3.71. The van der Waals surface area contributed by atoms with Gasteiger partial charge < -0.3 is 14.2 Å². The molecule has 0 saturated carbocycles. The molecule has 1 fully saturated rings. The van der Waals surface area contributed by atoms with Crippen molar-refractivity contribution >= 4 is 5.97 Å². The molecular formula is C16H22O4. The average molecular weight is 278 g/mol. The van der Waals surface area contributed by atoms with Gasteiger partial charge in [-0.25, -0.2) is 0 Å². The van der Waals surface area contributed by atoms with Gasteiger partial charge in [0.1, 0.15) is 0 Å². The van der Waals surface area contributed by atoms with Gasteiger partial charge in [-0.05, 0) is 13.8 Å². The van der Waals surface area contributed by atoms with Gasteiger partial charge in [0, 0.05) is 11.5 Å². The van der Waals surface area contributed by atoms with Crippen molar-refractivity contribution in [1.29, 1.82) is 0 Å². The number of carbonyl (C=O) groups excluding carboxylic acids is 1. The van der Waals surface area contributed by atoms with Crippen LogP contribution in [0.4, 0.5) is 0 Å². The molecule has 1 heterocycles. The standard InChI is InChI=1S/C16H22O4/c1-4-18-15(17)10-14-11(2)12(3)19-16(20-14)13-8-6-5-7-9-13/h5-9,11-12,14,16H,4,10H2,1-3H3/t11-,12-,14+,16-/m1/s1. The number of benzene rings is 1. The highest BCUT2D eigenvalue weighted by Gasteiger charge is 2.36. The predicted molar refractivity (Wildman–Crippen MR) is 75.0 cm³/mol. The zero-order valence-corrected chi connectivity index (χ0v) is 12.2. The molecule has 0 unspecified atom stereocenters. The molecule has 4 atom stereocenters. The zero-order valence-electron chi connectivity index (χ0n) is 12.2. The Morgan fingerprint density at radius 3 is 2.55 bits per heavy atom. The van der Waals surface area contributed by atoms with Gasteiger partial charge in [0.25, 0.3) is 0 Å². The summed E-state index contributed by atoms with van der Waals surface area (Å²) in [5.41, 5.74) is 0.972. The second-order valence-electron chi connectivity index (χ2n) is 5.13. The molecule has 1 aromatic rings. The van der Waals surface area contributed by atoms with Crippen LogP contribution in [0.1, 0.15) is 39.0 Å². The van der Waals surface area contributed by atoms with Crippen LogP contribution in [0.15, 0.2) is 30.3 Å². The topological polar surface area (TPSA) is 44.8 Å². The normalized spacial score (nSPS) is 29.9. The van der Waals surface area contributed by atoms with Gasteiger partial charge in [-0.15, -0.1) is 0 Å². The van der Waals surface area contributed by atoms with E-state index in [1.54, 1.807) is 0 Å². The molecule has 0 bridgehead atoms. The van der Waals surface area contributed by atoms with E-state index in [2.05, 4.69) is 0 Å². The van der Waals surface area contributed by atoms with E-state index in [0.717, 1.165) is 5.56 Å². The van der Waals surface area contributed by atoms with Crippen LogP contribution in [0.2, 0.25) is 0 Å². The zero-order chi connectivity index (χ0) is 14.5. The van der Waals surface area contributed by atoms with Crippen LogP contribution in [0, 0.1) is 5.92 Å². The van der Waals surface area contributed by atoms with E-state index in [0.29, 0.717) is 6.61 Å². The van der Waals surface area contributed by atoms with Gasteiger partial charge in [0.15, 0.2) is 6.29 Å². The van der Waals surface area contributed by atoms with Crippen molar-refractivity contribution in [3.05, 3.63) is 35.9 Å². The second-order valence-corrected chi connectivity index (χ2v) is 5.13. The van der Waals surface area contributed by atoms with Gasteiger partial charge >= 0.3 is 5.97 Å². The Balaban J connectivity index is 2.06. The van der Waals surface area contributed by atoms with Gasteiger partial charge in [0.2, 0.25) is 0 Å². The minimum Gasteiger partial charge on any atom is -0.466 e. The first-order valence-corrected chi connectivity index (χ1v) is 7.13. The number of hydrogen-bond donors (Lipinski definition) is 0. The summed E-state index contributed by atoms with van der Waals surface area (Å²) in [6.45, 7) is 6.26. The fourth-order valence-corrected chi connectivity index (χ4v) is 2.32. The lowest BCUT2D eigenvalue weighted by Gasteiger charge is -2.39. The molecule has 110 valence electrons. The maximum Gasteiger partial charge on any atom is 0.308 e. The van der Waals surface area contributed by atoms with Crippen molar-refractivity contribution in [2.24, 2.45) is 5.92 Å². The van der Waals surface area contributed by atoms with E-state index < -0.39 is 6.29 Å². The monoisotopic (exact) mass is 278 g/mol. The molecule has 4 heteroatoms. The van der Waals surface area contributed by atoms with Gasteiger partial charge in [0.05, 0.1) is 25.2 Å². The smallest absolute Gasteiger partial charge is 0.308 e. The molecule has 4 nitrogen and oxygen atoms in total. The Kier molecular flexibility index (Phi) is 5.15. The van der Waals surface area contributed by atoms with Gasteiger partial charge in [-0.1, -0.05) is 37.3 Å². The molecule has 0 amide bonds. The lowest BCUT2D eigenvalue weighted by Crippen LogP contribution is -2.41. The van der Waals surface area contributed by atoms with Crippen LogP contribution in [0.3, 0.4) is 0 Å². The summed E-state index contributed by atoms with van der Waals surface area (Å²) in [4.78, 5) is 11.7. The molecular weight excluding hydrogens is 256 g/mol. The average Bonchev–Trinajstić information content (AvgIpc) is 2.45. The second kappa shape index (κ2) is 6.86. The summed E-state index contributed by atoms with van der Waals surface area (Å²) in [6, 6.07) is 9.79. The van der Waals surface area contributed by atoms with Crippen LogP contribution < -0.4 is 0 Å². The minimum atomic E-state index is -0.415. The minimum absolute atomic E-state index is 0.0355. The first kappa shape index (κ1) is 15.0.